The summed E-state index contributed by atoms with van der Waals surface area (Å²) < 4.78 is 2.20. The summed E-state index contributed by atoms with van der Waals surface area (Å²) in [6.45, 7) is 0. The van der Waals surface area contributed by atoms with Gasteiger partial charge in [-0.05, 0) is 40.8 Å². The van der Waals surface area contributed by atoms with Crippen LogP contribution in [0.4, 0.5) is 5.69 Å². The number of aromatic nitrogens is 2. The first-order chi connectivity index (χ1) is 8.49. The molecule has 2 N–H and O–H groups in total. The molecular formula is C11H9ClIN3O2. The number of amides is 1. The quantitative estimate of drug-likeness (QED) is 0.624. The van der Waals surface area contributed by atoms with Crippen LogP contribution in [0, 0.1) is 3.57 Å². The summed E-state index contributed by atoms with van der Waals surface area (Å²) in [7, 11) is 1.68. The van der Waals surface area contributed by atoms with Gasteiger partial charge in [0.2, 0.25) is 0 Å². The van der Waals surface area contributed by atoms with Gasteiger partial charge in [-0.2, -0.15) is 5.10 Å². The molecule has 0 atom stereocenters. The van der Waals surface area contributed by atoms with Crippen molar-refractivity contribution in [3.63, 3.8) is 0 Å². The number of aryl methyl sites for hydroxylation is 1. The lowest BCUT2D eigenvalue weighted by molar-refractivity contribution is 0.101. The van der Waals surface area contributed by atoms with Crippen LogP contribution in [0.1, 0.15) is 10.5 Å². The van der Waals surface area contributed by atoms with Crippen molar-refractivity contribution in [2.75, 3.05) is 5.32 Å². The Balaban J connectivity index is 2.30. The summed E-state index contributed by atoms with van der Waals surface area (Å²) in [5.41, 5.74) is 0.694. The number of hydrogen-bond acceptors (Lipinski definition) is 3. The van der Waals surface area contributed by atoms with E-state index in [1.54, 1.807) is 19.3 Å². The first kappa shape index (κ1) is 13.2. The molecule has 1 heterocycles. The number of rotatable bonds is 2. The molecule has 0 bridgehead atoms. The van der Waals surface area contributed by atoms with Gasteiger partial charge >= 0.3 is 0 Å². The van der Waals surface area contributed by atoms with E-state index in [2.05, 4.69) is 10.4 Å². The van der Waals surface area contributed by atoms with Gasteiger partial charge in [0, 0.05) is 12.1 Å². The van der Waals surface area contributed by atoms with Crippen molar-refractivity contribution in [2.45, 2.75) is 0 Å². The van der Waals surface area contributed by atoms with Crippen LogP contribution >= 0.6 is 34.2 Å². The van der Waals surface area contributed by atoms with E-state index in [1.807, 2.05) is 22.6 Å². The van der Waals surface area contributed by atoms with Crippen LogP contribution in [-0.2, 0) is 7.05 Å². The lowest BCUT2D eigenvalue weighted by atomic mass is 10.3. The molecule has 0 saturated carbocycles. The first-order valence-corrected chi connectivity index (χ1v) is 6.42. The van der Waals surface area contributed by atoms with E-state index in [0.717, 1.165) is 3.57 Å². The van der Waals surface area contributed by atoms with Crippen molar-refractivity contribution < 1.29 is 9.90 Å². The molecule has 7 heteroatoms. The number of aromatic hydroxyl groups is 1. The number of carbonyl (C=O) groups excluding carboxylic acids is 1. The third kappa shape index (κ3) is 2.59. The molecule has 1 aromatic heterocycles. The monoisotopic (exact) mass is 377 g/mol. The third-order valence-corrected chi connectivity index (χ3v) is 3.34. The van der Waals surface area contributed by atoms with Crippen molar-refractivity contribution in [2.24, 2.45) is 7.05 Å². The Hall–Kier alpha value is -1.28. The van der Waals surface area contributed by atoms with Crippen LogP contribution in [0.5, 0.6) is 5.75 Å². The van der Waals surface area contributed by atoms with Crippen molar-refractivity contribution in [1.29, 1.82) is 0 Å². The first-order valence-electron chi connectivity index (χ1n) is 4.96. The van der Waals surface area contributed by atoms with Gasteiger partial charge in [-0.3, -0.25) is 9.48 Å². The summed E-state index contributed by atoms with van der Waals surface area (Å²) in [4.78, 5) is 12.0. The Bertz CT molecular complexity index is 593. The van der Waals surface area contributed by atoms with E-state index in [0.29, 0.717) is 10.7 Å². The summed E-state index contributed by atoms with van der Waals surface area (Å²) in [6.07, 6.45) is 1.59. The molecule has 2 rings (SSSR count). The van der Waals surface area contributed by atoms with Crippen LogP contribution < -0.4 is 5.32 Å². The Labute approximate surface area is 122 Å². The maximum Gasteiger partial charge on any atom is 0.275 e. The molecular weight excluding hydrogens is 368 g/mol. The Morgan fingerprint density at radius 2 is 2.28 bits per heavy atom. The summed E-state index contributed by atoms with van der Waals surface area (Å²) >= 11 is 7.83. The fraction of sp³-hybridized carbons (Fsp3) is 0.0909. The lowest BCUT2D eigenvalue weighted by Crippen LogP contribution is -2.17. The van der Waals surface area contributed by atoms with Crippen LogP contribution in [-0.4, -0.2) is 20.8 Å². The largest absolute Gasteiger partial charge is 0.506 e. The number of hydrogen-bond donors (Lipinski definition) is 2. The maximum atomic E-state index is 12.0. The van der Waals surface area contributed by atoms with Crippen molar-refractivity contribution in [3.05, 3.63) is 38.7 Å². The van der Waals surface area contributed by atoms with E-state index in [9.17, 15) is 9.90 Å². The van der Waals surface area contributed by atoms with Crippen LogP contribution in [0.2, 0.25) is 5.02 Å². The van der Waals surface area contributed by atoms with E-state index < -0.39 is 0 Å². The molecule has 1 aromatic carbocycles. The molecule has 5 nitrogen and oxygen atoms in total. The van der Waals surface area contributed by atoms with E-state index in [4.69, 9.17) is 11.6 Å². The van der Waals surface area contributed by atoms with Gasteiger partial charge < -0.3 is 10.4 Å². The molecule has 0 aliphatic heterocycles. The maximum absolute atomic E-state index is 12.0. The molecule has 0 saturated heterocycles. The zero-order valence-electron chi connectivity index (χ0n) is 9.32. The minimum atomic E-state index is -0.350. The van der Waals surface area contributed by atoms with Crippen molar-refractivity contribution in [1.82, 2.24) is 9.78 Å². The fourth-order valence-corrected chi connectivity index (χ4v) is 2.35. The topological polar surface area (TPSA) is 67.2 Å². The molecule has 1 amide bonds. The number of anilines is 1. The zero-order valence-corrected chi connectivity index (χ0v) is 12.2. The SMILES string of the molecule is Cn1ncc(I)c1C(=O)Nc1cc(Cl)ccc1O. The number of halogens is 2. The lowest BCUT2D eigenvalue weighted by Gasteiger charge is -2.08. The second kappa shape index (κ2) is 5.15. The predicted molar refractivity (Wildman–Crippen MR) is 77.0 cm³/mol. The number of nitrogens with zero attached hydrogens (tertiary/aromatic N) is 2. The highest BCUT2D eigenvalue weighted by Gasteiger charge is 2.16. The molecule has 0 unspecified atom stereocenters. The van der Waals surface area contributed by atoms with Crippen LogP contribution in [0.25, 0.3) is 0 Å². The number of nitrogens with one attached hydrogen (secondary N) is 1. The summed E-state index contributed by atoms with van der Waals surface area (Å²) in [6, 6.07) is 4.45. The number of phenolic OH excluding ortho intramolecular Hbond substituents is 1. The minimum Gasteiger partial charge on any atom is -0.506 e. The molecule has 2 aromatic rings. The third-order valence-electron chi connectivity index (χ3n) is 2.32. The second-order valence-electron chi connectivity index (χ2n) is 3.58. The van der Waals surface area contributed by atoms with Crippen molar-refractivity contribution in [3.8, 4) is 5.75 Å². The normalized spacial score (nSPS) is 10.4. The van der Waals surface area contributed by atoms with Crippen LogP contribution in [0.15, 0.2) is 24.4 Å². The average molecular weight is 378 g/mol. The average Bonchev–Trinajstić information content (AvgIpc) is 2.63. The highest BCUT2D eigenvalue weighted by atomic mass is 127. The number of benzene rings is 1. The van der Waals surface area contributed by atoms with Gasteiger partial charge in [-0.15, -0.1) is 0 Å². The molecule has 0 spiro atoms. The standard InChI is InChI=1S/C11H9ClIN3O2/c1-16-10(7(13)5-14-16)11(18)15-8-4-6(12)2-3-9(8)17/h2-5,17H,1H3,(H,15,18). The molecule has 18 heavy (non-hydrogen) atoms. The summed E-state index contributed by atoms with van der Waals surface area (Å²) in [5, 5.41) is 16.6. The molecule has 0 fully saturated rings. The summed E-state index contributed by atoms with van der Waals surface area (Å²) in [5.74, 6) is -0.387. The van der Waals surface area contributed by atoms with E-state index in [-0.39, 0.29) is 17.3 Å². The van der Waals surface area contributed by atoms with Crippen molar-refractivity contribution >= 4 is 45.8 Å². The second-order valence-corrected chi connectivity index (χ2v) is 5.18. The molecule has 0 radical (unpaired) electrons. The van der Waals surface area contributed by atoms with Crippen LogP contribution in [0.3, 0.4) is 0 Å². The Morgan fingerprint density at radius 3 is 2.89 bits per heavy atom. The fourth-order valence-electron chi connectivity index (χ4n) is 1.46. The smallest absolute Gasteiger partial charge is 0.275 e. The van der Waals surface area contributed by atoms with Gasteiger partial charge in [0.15, 0.2) is 0 Å². The minimum absolute atomic E-state index is 0.0371. The molecule has 94 valence electrons. The van der Waals surface area contributed by atoms with E-state index >= 15 is 0 Å². The Kier molecular flexibility index (Phi) is 3.76. The molecule has 0 aliphatic rings. The number of phenols is 1. The number of carbonyl (C=O) groups is 1. The van der Waals surface area contributed by atoms with Gasteiger partial charge in [0.1, 0.15) is 11.4 Å². The van der Waals surface area contributed by atoms with E-state index in [1.165, 1.54) is 16.8 Å². The van der Waals surface area contributed by atoms with Gasteiger partial charge in [-0.25, -0.2) is 0 Å². The predicted octanol–water partition coefficient (Wildman–Crippen LogP) is 2.64. The highest BCUT2D eigenvalue weighted by molar-refractivity contribution is 14.1. The zero-order chi connectivity index (χ0) is 13.3. The van der Waals surface area contributed by atoms with Gasteiger partial charge in [0.05, 0.1) is 15.5 Å². The Morgan fingerprint density at radius 1 is 1.56 bits per heavy atom. The molecule has 0 aliphatic carbocycles. The van der Waals surface area contributed by atoms with Gasteiger partial charge in [0.25, 0.3) is 5.91 Å². The van der Waals surface area contributed by atoms with Gasteiger partial charge in [-0.1, -0.05) is 11.6 Å². The highest BCUT2D eigenvalue weighted by Crippen LogP contribution is 2.27.